The maximum absolute atomic E-state index is 12.8. The summed E-state index contributed by atoms with van der Waals surface area (Å²) in [5.74, 6) is -1.99. The van der Waals surface area contributed by atoms with Crippen molar-refractivity contribution in [3.63, 3.8) is 0 Å². The lowest BCUT2D eigenvalue weighted by molar-refractivity contribution is 0.0997. The van der Waals surface area contributed by atoms with Crippen molar-refractivity contribution in [2.45, 2.75) is 0 Å². The molecule has 2 N–H and O–H groups in total. The minimum Gasteiger partial charge on any atom is -0.324 e. The van der Waals surface area contributed by atoms with Gasteiger partial charge >= 0.3 is 0 Å². The van der Waals surface area contributed by atoms with E-state index in [0.717, 1.165) is 18.2 Å². The quantitative estimate of drug-likeness (QED) is 0.677. The summed E-state index contributed by atoms with van der Waals surface area (Å²) in [6.07, 6.45) is 0. The fourth-order valence-electron chi connectivity index (χ4n) is 0.821. The number of nitrogens with two attached hydrogens (primary N) is 1. The Morgan fingerprint density at radius 3 is 2.67 bits per heavy atom. The molecular formula is C8H7F2NO. The smallest absolute Gasteiger partial charge is 0.179 e. The average Bonchev–Trinajstić information content (AvgIpc) is 2.08. The molecule has 0 fully saturated rings. The number of carbonyl (C=O) groups excluding carboxylic acids is 1. The number of ketones is 1. The van der Waals surface area contributed by atoms with Gasteiger partial charge in [0.1, 0.15) is 11.6 Å². The molecule has 0 bridgehead atoms. The van der Waals surface area contributed by atoms with E-state index >= 15 is 0 Å². The number of carbonyl (C=O) groups is 1. The summed E-state index contributed by atoms with van der Waals surface area (Å²) in [6, 6.07) is 2.69. The van der Waals surface area contributed by atoms with E-state index < -0.39 is 17.4 Å². The third-order valence-corrected chi connectivity index (χ3v) is 1.41. The highest BCUT2D eigenvalue weighted by molar-refractivity contribution is 5.97. The first-order valence-corrected chi connectivity index (χ1v) is 3.33. The fraction of sp³-hybridized carbons (Fsp3) is 0.125. The van der Waals surface area contributed by atoms with Gasteiger partial charge in [0.05, 0.1) is 12.1 Å². The zero-order valence-electron chi connectivity index (χ0n) is 6.18. The topological polar surface area (TPSA) is 43.1 Å². The van der Waals surface area contributed by atoms with Crippen LogP contribution in [0.25, 0.3) is 0 Å². The Morgan fingerprint density at radius 2 is 2.08 bits per heavy atom. The Kier molecular flexibility index (Phi) is 2.50. The van der Waals surface area contributed by atoms with Crippen LogP contribution in [0, 0.1) is 11.6 Å². The summed E-state index contributed by atoms with van der Waals surface area (Å²) in [5, 5.41) is 0. The van der Waals surface area contributed by atoms with E-state index in [0.29, 0.717) is 0 Å². The van der Waals surface area contributed by atoms with E-state index in [9.17, 15) is 13.6 Å². The van der Waals surface area contributed by atoms with E-state index in [4.69, 9.17) is 5.73 Å². The fourth-order valence-corrected chi connectivity index (χ4v) is 0.821. The molecule has 1 aromatic rings. The third-order valence-electron chi connectivity index (χ3n) is 1.41. The Balaban J connectivity index is 3.13. The molecule has 4 heteroatoms. The van der Waals surface area contributed by atoms with Crippen LogP contribution in [0.3, 0.4) is 0 Å². The minimum absolute atomic E-state index is 0.294. The molecule has 2 nitrogen and oxygen atoms in total. The van der Waals surface area contributed by atoms with Crippen molar-refractivity contribution in [3.05, 3.63) is 35.4 Å². The molecule has 0 aliphatic heterocycles. The van der Waals surface area contributed by atoms with E-state index in [-0.39, 0.29) is 12.1 Å². The summed E-state index contributed by atoms with van der Waals surface area (Å²) in [7, 11) is 0. The molecule has 64 valence electrons. The van der Waals surface area contributed by atoms with Gasteiger partial charge in [-0.1, -0.05) is 0 Å². The van der Waals surface area contributed by atoms with Crippen molar-refractivity contribution in [2.24, 2.45) is 5.73 Å². The van der Waals surface area contributed by atoms with Crippen LogP contribution < -0.4 is 5.73 Å². The SMILES string of the molecule is NCC(=O)c1cc(F)ccc1F. The summed E-state index contributed by atoms with van der Waals surface area (Å²) in [5.41, 5.74) is 4.69. The van der Waals surface area contributed by atoms with E-state index in [2.05, 4.69) is 0 Å². The molecular weight excluding hydrogens is 164 g/mol. The number of hydrogen-bond donors (Lipinski definition) is 1. The zero-order chi connectivity index (χ0) is 9.14. The monoisotopic (exact) mass is 171 g/mol. The molecule has 0 spiro atoms. The van der Waals surface area contributed by atoms with Crippen LogP contribution in [0.15, 0.2) is 18.2 Å². The average molecular weight is 171 g/mol. The summed E-state index contributed by atoms with van der Waals surface area (Å²) in [6.45, 7) is -0.319. The van der Waals surface area contributed by atoms with Gasteiger partial charge in [-0.2, -0.15) is 0 Å². The lowest BCUT2D eigenvalue weighted by atomic mass is 10.1. The van der Waals surface area contributed by atoms with Gasteiger partial charge in [-0.15, -0.1) is 0 Å². The van der Waals surface area contributed by atoms with Gasteiger partial charge in [0.15, 0.2) is 5.78 Å². The Hall–Kier alpha value is -1.29. The van der Waals surface area contributed by atoms with Crippen molar-refractivity contribution in [1.29, 1.82) is 0 Å². The molecule has 0 atom stereocenters. The second kappa shape index (κ2) is 3.40. The van der Waals surface area contributed by atoms with E-state index in [1.54, 1.807) is 0 Å². The molecule has 1 rings (SSSR count). The number of Topliss-reactive ketones (excluding diaryl/α,β-unsaturated/α-hetero) is 1. The van der Waals surface area contributed by atoms with Gasteiger partial charge in [0.25, 0.3) is 0 Å². The third kappa shape index (κ3) is 1.65. The van der Waals surface area contributed by atoms with Gasteiger partial charge in [-0.05, 0) is 18.2 Å². The van der Waals surface area contributed by atoms with Gasteiger partial charge < -0.3 is 5.73 Å². The summed E-state index contributed by atoms with van der Waals surface area (Å²) >= 11 is 0. The van der Waals surface area contributed by atoms with Crippen LogP contribution in [-0.4, -0.2) is 12.3 Å². The predicted molar refractivity (Wildman–Crippen MR) is 39.7 cm³/mol. The second-order valence-electron chi connectivity index (χ2n) is 2.25. The maximum Gasteiger partial charge on any atom is 0.179 e. The van der Waals surface area contributed by atoms with Crippen LogP contribution in [0.4, 0.5) is 8.78 Å². The Bertz CT molecular complexity index is 312. The Labute approximate surface area is 68.0 Å². The lowest BCUT2D eigenvalue weighted by Gasteiger charge is -1.98. The molecule has 0 aliphatic carbocycles. The van der Waals surface area contributed by atoms with E-state index in [1.807, 2.05) is 0 Å². The molecule has 0 radical (unpaired) electrons. The molecule has 0 aromatic heterocycles. The molecule has 0 unspecified atom stereocenters. The van der Waals surface area contributed by atoms with Crippen LogP contribution >= 0.6 is 0 Å². The molecule has 0 saturated carbocycles. The molecule has 0 amide bonds. The van der Waals surface area contributed by atoms with Crippen LogP contribution in [0.1, 0.15) is 10.4 Å². The number of halogens is 2. The van der Waals surface area contributed by atoms with Crippen LogP contribution in [0.2, 0.25) is 0 Å². The highest BCUT2D eigenvalue weighted by atomic mass is 19.1. The first-order chi connectivity index (χ1) is 5.65. The van der Waals surface area contributed by atoms with Crippen molar-refractivity contribution in [3.8, 4) is 0 Å². The van der Waals surface area contributed by atoms with E-state index in [1.165, 1.54) is 0 Å². The zero-order valence-corrected chi connectivity index (χ0v) is 6.18. The van der Waals surface area contributed by atoms with Gasteiger partial charge in [-0.25, -0.2) is 8.78 Å². The largest absolute Gasteiger partial charge is 0.324 e. The second-order valence-corrected chi connectivity index (χ2v) is 2.25. The molecule has 0 heterocycles. The van der Waals surface area contributed by atoms with Crippen molar-refractivity contribution in [1.82, 2.24) is 0 Å². The van der Waals surface area contributed by atoms with Crippen molar-refractivity contribution < 1.29 is 13.6 Å². The Morgan fingerprint density at radius 1 is 1.42 bits per heavy atom. The highest BCUT2D eigenvalue weighted by Crippen LogP contribution is 2.09. The molecule has 1 aromatic carbocycles. The van der Waals surface area contributed by atoms with Crippen molar-refractivity contribution >= 4 is 5.78 Å². The number of hydrogen-bond acceptors (Lipinski definition) is 2. The van der Waals surface area contributed by atoms with Gasteiger partial charge in [0.2, 0.25) is 0 Å². The molecule has 0 saturated heterocycles. The summed E-state index contributed by atoms with van der Waals surface area (Å²) in [4.78, 5) is 10.9. The number of rotatable bonds is 2. The number of benzene rings is 1. The normalized spacial score (nSPS) is 9.92. The predicted octanol–water partition coefficient (Wildman–Crippen LogP) is 1.11. The minimum atomic E-state index is -0.744. The first kappa shape index (κ1) is 8.80. The maximum atomic E-state index is 12.8. The summed E-state index contributed by atoms with van der Waals surface area (Å²) < 4.78 is 25.2. The van der Waals surface area contributed by atoms with Crippen LogP contribution in [-0.2, 0) is 0 Å². The lowest BCUT2D eigenvalue weighted by Crippen LogP contribution is -2.15. The molecule has 12 heavy (non-hydrogen) atoms. The van der Waals surface area contributed by atoms with Crippen LogP contribution in [0.5, 0.6) is 0 Å². The van der Waals surface area contributed by atoms with Gasteiger partial charge in [-0.3, -0.25) is 4.79 Å². The van der Waals surface area contributed by atoms with Gasteiger partial charge in [0, 0.05) is 0 Å². The standard InChI is InChI=1S/C8H7F2NO/c9-5-1-2-7(10)6(3-5)8(12)4-11/h1-3H,4,11H2. The highest BCUT2D eigenvalue weighted by Gasteiger charge is 2.10. The first-order valence-electron chi connectivity index (χ1n) is 3.33. The molecule has 0 aliphatic rings. The van der Waals surface area contributed by atoms with Crippen molar-refractivity contribution in [2.75, 3.05) is 6.54 Å².